The molecule has 140 valence electrons. The largest absolute Gasteiger partial charge is 0.393 e. The molecule has 1 unspecified atom stereocenters. The fourth-order valence-corrected chi connectivity index (χ4v) is 3.80. The summed E-state index contributed by atoms with van der Waals surface area (Å²) < 4.78 is 27.2. The van der Waals surface area contributed by atoms with E-state index in [-0.39, 0.29) is 23.5 Å². The Morgan fingerprint density at radius 1 is 1.28 bits per heavy atom. The zero-order valence-electron chi connectivity index (χ0n) is 14.9. The van der Waals surface area contributed by atoms with Gasteiger partial charge in [-0.05, 0) is 56.9 Å². The van der Waals surface area contributed by atoms with Gasteiger partial charge in [-0.2, -0.15) is 0 Å². The molecule has 25 heavy (non-hydrogen) atoms. The Bertz CT molecular complexity index is 717. The highest BCUT2D eigenvalue weighted by Gasteiger charge is 2.23. The first-order valence-corrected chi connectivity index (χ1v) is 10.0. The topological polar surface area (TPSA) is 98.7 Å². The lowest BCUT2D eigenvalue weighted by molar-refractivity contribution is 0.186. The first-order chi connectivity index (χ1) is 11.7. The highest BCUT2D eigenvalue weighted by molar-refractivity contribution is 7.89. The van der Waals surface area contributed by atoms with E-state index < -0.39 is 16.1 Å². The van der Waals surface area contributed by atoms with E-state index in [2.05, 4.69) is 10.0 Å². The SMILES string of the molecule is CC(O)CCNS(=O)(=O)c1ccc2c(c1)CN(C(=O)NC(C)C)CC2. The maximum atomic E-state index is 12.4. The van der Waals surface area contributed by atoms with Gasteiger partial charge in [0.1, 0.15) is 0 Å². The molecule has 2 rings (SSSR count). The summed E-state index contributed by atoms with van der Waals surface area (Å²) >= 11 is 0. The van der Waals surface area contributed by atoms with Crippen molar-refractivity contribution in [1.29, 1.82) is 0 Å². The van der Waals surface area contributed by atoms with Crippen LogP contribution in [-0.4, -0.2) is 49.7 Å². The van der Waals surface area contributed by atoms with E-state index in [0.29, 0.717) is 25.9 Å². The molecule has 8 heteroatoms. The number of sulfonamides is 1. The highest BCUT2D eigenvalue weighted by Crippen LogP contribution is 2.22. The molecular formula is C17H27N3O4S. The lowest BCUT2D eigenvalue weighted by atomic mass is 10.0. The van der Waals surface area contributed by atoms with E-state index in [1.165, 1.54) is 0 Å². The van der Waals surface area contributed by atoms with Crippen LogP contribution >= 0.6 is 0 Å². The zero-order chi connectivity index (χ0) is 18.6. The minimum absolute atomic E-state index is 0.0544. The van der Waals surface area contributed by atoms with Crippen LogP contribution in [0.1, 0.15) is 38.3 Å². The Kier molecular flexibility index (Phi) is 6.42. The lowest BCUT2D eigenvalue weighted by Gasteiger charge is -2.30. The van der Waals surface area contributed by atoms with E-state index in [4.69, 9.17) is 0 Å². The van der Waals surface area contributed by atoms with E-state index in [0.717, 1.165) is 11.1 Å². The molecule has 1 aliphatic heterocycles. The van der Waals surface area contributed by atoms with Crippen LogP contribution in [0.3, 0.4) is 0 Å². The van der Waals surface area contributed by atoms with Crippen LogP contribution in [0.5, 0.6) is 0 Å². The number of hydrogen-bond acceptors (Lipinski definition) is 4. The zero-order valence-corrected chi connectivity index (χ0v) is 15.8. The average Bonchev–Trinajstić information content (AvgIpc) is 2.52. The molecule has 0 fully saturated rings. The van der Waals surface area contributed by atoms with Crippen molar-refractivity contribution in [2.75, 3.05) is 13.1 Å². The number of aliphatic hydroxyl groups excluding tert-OH is 1. The molecule has 1 aromatic rings. The molecule has 1 heterocycles. The van der Waals surface area contributed by atoms with Crippen LogP contribution in [-0.2, 0) is 23.0 Å². The summed E-state index contributed by atoms with van der Waals surface area (Å²) in [7, 11) is -3.63. The molecule has 1 aromatic carbocycles. The number of nitrogens with one attached hydrogen (secondary N) is 2. The van der Waals surface area contributed by atoms with Crippen LogP contribution < -0.4 is 10.0 Å². The molecule has 0 aromatic heterocycles. The first kappa shape index (κ1) is 19.7. The number of carbonyl (C=O) groups is 1. The van der Waals surface area contributed by atoms with Gasteiger partial charge in [-0.15, -0.1) is 0 Å². The fourth-order valence-electron chi connectivity index (χ4n) is 2.70. The molecule has 0 aliphatic carbocycles. The van der Waals surface area contributed by atoms with Crippen molar-refractivity contribution in [3.05, 3.63) is 29.3 Å². The number of benzene rings is 1. The second kappa shape index (κ2) is 8.16. The molecule has 2 amide bonds. The Balaban J connectivity index is 2.12. The van der Waals surface area contributed by atoms with Crippen LogP contribution in [0, 0.1) is 0 Å². The predicted molar refractivity (Wildman–Crippen MR) is 95.7 cm³/mol. The summed E-state index contributed by atoms with van der Waals surface area (Å²) in [4.78, 5) is 14.0. The smallest absolute Gasteiger partial charge is 0.317 e. The third kappa shape index (κ3) is 5.42. The fraction of sp³-hybridized carbons (Fsp3) is 0.588. The van der Waals surface area contributed by atoms with Crippen molar-refractivity contribution < 1.29 is 18.3 Å². The second-order valence-electron chi connectivity index (χ2n) is 6.74. The number of amides is 2. The van der Waals surface area contributed by atoms with Crippen molar-refractivity contribution in [2.45, 2.75) is 57.2 Å². The van der Waals surface area contributed by atoms with Crippen molar-refractivity contribution in [1.82, 2.24) is 14.9 Å². The molecule has 1 atom stereocenters. The predicted octanol–water partition coefficient (Wildman–Crippen LogP) is 1.21. The minimum Gasteiger partial charge on any atom is -0.393 e. The van der Waals surface area contributed by atoms with Crippen LogP contribution in [0.25, 0.3) is 0 Å². The van der Waals surface area contributed by atoms with Gasteiger partial charge in [0.05, 0.1) is 11.0 Å². The normalized spacial score (nSPS) is 15.8. The van der Waals surface area contributed by atoms with Gasteiger partial charge < -0.3 is 15.3 Å². The summed E-state index contributed by atoms with van der Waals surface area (Å²) in [6, 6.07) is 4.96. The Morgan fingerprint density at radius 3 is 2.64 bits per heavy atom. The summed E-state index contributed by atoms with van der Waals surface area (Å²) in [5, 5.41) is 12.1. The van der Waals surface area contributed by atoms with Gasteiger partial charge in [0, 0.05) is 25.7 Å². The van der Waals surface area contributed by atoms with Crippen LogP contribution in [0.4, 0.5) is 4.79 Å². The summed E-state index contributed by atoms with van der Waals surface area (Å²) in [6.07, 6.45) is 0.503. The molecule has 0 spiro atoms. The third-order valence-corrected chi connectivity index (χ3v) is 5.51. The number of hydrogen-bond donors (Lipinski definition) is 3. The van der Waals surface area contributed by atoms with Crippen molar-refractivity contribution in [2.24, 2.45) is 0 Å². The maximum absolute atomic E-state index is 12.4. The van der Waals surface area contributed by atoms with Gasteiger partial charge >= 0.3 is 6.03 Å². The summed E-state index contributed by atoms with van der Waals surface area (Å²) in [5.74, 6) is 0. The van der Waals surface area contributed by atoms with Crippen molar-refractivity contribution in [3.63, 3.8) is 0 Å². The number of rotatable bonds is 6. The Labute approximate surface area is 149 Å². The Morgan fingerprint density at radius 2 is 2.00 bits per heavy atom. The van der Waals surface area contributed by atoms with Crippen LogP contribution in [0.2, 0.25) is 0 Å². The van der Waals surface area contributed by atoms with E-state index in [1.54, 1.807) is 24.0 Å². The van der Waals surface area contributed by atoms with E-state index in [9.17, 15) is 18.3 Å². The number of aliphatic hydroxyl groups is 1. The molecule has 0 radical (unpaired) electrons. The number of urea groups is 1. The van der Waals surface area contributed by atoms with Gasteiger partial charge in [-0.1, -0.05) is 6.07 Å². The average molecular weight is 369 g/mol. The standard InChI is InChI=1S/C17H27N3O4S/c1-12(2)19-17(22)20-9-7-14-4-5-16(10-15(14)11-20)25(23,24)18-8-6-13(3)21/h4-5,10,12-13,18,21H,6-9,11H2,1-3H3,(H,19,22). The lowest BCUT2D eigenvalue weighted by Crippen LogP contribution is -2.45. The molecule has 0 saturated carbocycles. The number of carbonyl (C=O) groups excluding carboxylic acids is 1. The van der Waals surface area contributed by atoms with Gasteiger partial charge in [0.25, 0.3) is 0 Å². The summed E-state index contributed by atoms with van der Waals surface area (Å²) in [5.41, 5.74) is 1.92. The second-order valence-corrected chi connectivity index (χ2v) is 8.51. The van der Waals surface area contributed by atoms with Crippen molar-refractivity contribution >= 4 is 16.1 Å². The molecule has 7 nitrogen and oxygen atoms in total. The number of nitrogens with zero attached hydrogens (tertiary/aromatic N) is 1. The highest BCUT2D eigenvalue weighted by atomic mass is 32.2. The first-order valence-electron chi connectivity index (χ1n) is 8.54. The summed E-state index contributed by atoms with van der Waals surface area (Å²) in [6.45, 7) is 6.61. The minimum atomic E-state index is -3.63. The third-order valence-electron chi connectivity index (χ3n) is 4.05. The molecule has 3 N–H and O–H groups in total. The van der Waals surface area contributed by atoms with Gasteiger partial charge in [-0.3, -0.25) is 0 Å². The number of fused-ring (bicyclic) bond motifs is 1. The van der Waals surface area contributed by atoms with Crippen LogP contribution in [0.15, 0.2) is 23.1 Å². The monoisotopic (exact) mass is 369 g/mol. The molecule has 1 aliphatic rings. The molecule has 0 bridgehead atoms. The van der Waals surface area contributed by atoms with Gasteiger partial charge in [-0.25, -0.2) is 17.9 Å². The van der Waals surface area contributed by atoms with E-state index >= 15 is 0 Å². The molecule has 0 saturated heterocycles. The molecular weight excluding hydrogens is 342 g/mol. The Hall–Kier alpha value is -1.64. The quantitative estimate of drug-likeness (QED) is 0.702. The van der Waals surface area contributed by atoms with Gasteiger partial charge in [0.2, 0.25) is 10.0 Å². The van der Waals surface area contributed by atoms with E-state index in [1.807, 2.05) is 19.9 Å². The van der Waals surface area contributed by atoms with Crippen molar-refractivity contribution in [3.8, 4) is 0 Å². The maximum Gasteiger partial charge on any atom is 0.317 e. The van der Waals surface area contributed by atoms with Gasteiger partial charge in [0.15, 0.2) is 0 Å².